The highest BCUT2D eigenvalue weighted by Gasteiger charge is 2.51. The molecule has 0 aromatic heterocycles. The maximum atomic E-state index is 13.1. The maximum absolute atomic E-state index is 13.1. The lowest BCUT2D eigenvalue weighted by Crippen LogP contribution is -2.56. The minimum atomic E-state index is -1.16. The summed E-state index contributed by atoms with van der Waals surface area (Å²) in [6.45, 7) is 2.15. The second-order valence-corrected chi connectivity index (χ2v) is 8.23. The average molecular weight is 477 g/mol. The van der Waals surface area contributed by atoms with Crippen molar-refractivity contribution in [3.05, 3.63) is 34.9 Å². The highest BCUT2D eigenvalue weighted by Crippen LogP contribution is 2.51. The van der Waals surface area contributed by atoms with Crippen LogP contribution in [0.25, 0.3) is 0 Å². The Morgan fingerprint density at radius 1 is 1.29 bits per heavy atom. The number of fused-ring (bicyclic) bond motifs is 3. The van der Waals surface area contributed by atoms with E-state index in [0.717, 1.165) is 0 Å². The monoisotopic (exact) mass is 476 g/mol. The van der Waals surface area contributed by atoms with Gasteiger partial charge in [0.05, 0.1) is 32.3 Å². The number of hydrogen-bond donors (Lipinski definition) is 3. The Morgan fingerprint density at radius 3 is 2.68 bits per heavy atom. The number of benzene rings is 1. The number of aliphatic hydroxyl groups is 2. The number of aldehydes is 1. The number of nitrogens with one attached hydrogen (secondary N) is 1. The molecule has 3 rings (SSSR count). The van der Waals surface area contributed by atoms with Crippen molar-refractivity contribution in [1.82, 2.24) is 10.2 Å². The molecule has 4 unspecified atom stereocenters. The first-order chi connectivity index (χ1) is 16.4. The van der Waals surface area contributed by atoms with Crippen molar-refractivity contribution >= 4 is 18.1 Å². The highest BCUT2D eigenvalue weighted by atomic mass is 16.5. The van der Waals surface area contributed by atoms with E-state index in [4.69, 9.17) is 14.2 Å². The smallest absolute Gasteiger partial charge is 0.247 e. The molecule has 1 aromatic rings. The highest BCUT2D eigenvalue weighted by molar-refractivity contribution is 5.96. The van der Waals surface area contributed by atoms with Crippen LogP contribution in [0.15, 0.2) is 23.8 Å². The van der Waals surface area contributed by atoms with E-state index < -0.39 is 30.1 Å². The molecule has 0 saturated carbocycles. The summed E-state index contributed by atoms with van der Waals surface area (Å²) in [5.74, 6) is -0.676. The van der Waals surface area contributed by atoms with E-state index in [2.05, 4.69) is 5.32 Å². The quantitative estimate of drug-likeness (QED) is 0.391. The van der Waals surface area contributed by atoms with Crippen LogP contribution in [0.1, 0.15) is 41.6 Å². The third-order valence-corrected chi connectivity index (χ3v) is 6.09. The van der Waals surface area contributed by atoms with Gasteiger partial charge in [-0.15, -0.1) is 0 Å². The summed E-state index contributed by atoms with van der Waals surface area (Å²) >= 11 is 0. The number of carbonyl (C=O) groups excluding carboxylic acids is 3. The van der Waals surface area contributed by atoms with Gasteiger partial charge in [-0.3, -0.25) is 14.4 Å². The van der Waals surface area contributed by atoms with Gasteiger partial charge in [-0.05, 0) is 24.6 Å². The first-order valence-corrected chi connectivity index (χ1v) is 11.3. The van der Waals surface area contributed by atoms with Gasteiger partial charge in [-0.1, -0.05) is 6.92 Å². The zero-order valence-electron chi connectivity index (χ0n) is 19.7. The molecule has 186 valence electrons. The van der Waals surface area contributed by atoms with E-state index in [-0.39, 0.29) is 44.2 Å². The fraction of sp³-hybridized carbons (Fsp3) is 0.542. The van der Waals surface area contributed by atoms with E-state index in [1.807, 2.05) is 6.92 Å². The van der Waals surface area contributed by atoms with E-state index >= 15 is 0 Å². The number of nitrogens with zero attached hydrogens (tertiary/aromatic N) is 1. The SMILES string of the molecule is CCCC(=O)N(CCOC)C1C=C(C(=O)NCCO)C2c3cc(C=O)cc(OC)c3OC2C1O. The van der Waals surface area contributed by atoms with Crippen LogP contribution in [-0.4, -0.2) is 92.0 Å². The molecular weight excluding hydrogens is 444 g/mol. The summed E-state index contributed by atoms with van der Waals surface area (Å²) in [6, 6.07) is 2.30. The number of hydrogen-bond acceptors (Lipinski definition) is 8. The topological polar surface area (TPSA) is 135 Å². The van der Waals surface area contributed by atoms with Gasteiger partial charge in [0.15, 0.2) is 11.5 Å². The zero-order valence-corrected chi connectivity index (χ0v) is 19.7. The number of rotatable bonds is 11. The predicted octanol–water partition coefficient (Wildman–Crippen LogP) is 0.405. The van der Waals surface area contributed by atoms with Gasteiger partial charge >= 0.3 is 0 Å². The van der Waals surface area contributed by atoms with Gasteiger partial charge < -0.3 is 34.6 Å². The molecule has 1 aliphatic heterocycles. The third-order valence-electron chi connectivity index (χ3n) is 6.09. The molecular formula is C24H32N2O8. The molecule has 0 fully saturated rings. The second kappa shape index (κ2) is 11.5. The van der Waals surface area contributed by atoms with Crippen LogP contribution in [0.5, 0.6) is 11.5 Å². The zero-order chi connectivity index (χ0) is 24.8. The minimum Gasteiger partial charge on any atom is -0.493 e. The summed E-state index contributed by atoms with van der Waals surface area (Å²) < 4.78 is 16.7. The lowest BCUT2D eigenvalue weighted by atomic mass is 9.77. The van der Waals surface area contributed by atoms with E-state index in [0.29, 0.717) is 35.3 Å². The molecule has 1 heterocycles. The Balaban J connectivity index is 2.11. The number of amides is 2. The molecule has 0 saturated heterocycles. The van der Waals surface area contributed by atoms with Crippen molar-refractivity contribution in [2.45, 2.75) is 43.9 Å². The fourth-order valence-corrected chi connectivity index (χ4v) is 4.55. The summed E-state index contributed by atoms with van der Waals surface area (Å²) in [5.41, 5.74) is 1.16. The Hall–Kier alpha value is -2.95. The minimum absolute atomic E-state index is 0.0361. The van der Waals surface area contributed by atoms with Crippen LogP contribution in [0, 0.1) is 0 Å². The molecule has 1 aliphatic carbocycles. The first kappa shape index (κ1) is 25.7. The molecule has 34 heavy (non-hydrogen) atoms. The van der Waals surface area contributed by atoms with E-state index in [9.17, 15) is 24.6 Å². The Morgan fingerprint density at radius 2 is 2.06 bits per heavy atom. The van der Waals surface area contributed by atoms with Gasteiger partial charge in [-0.25, -0.2) is 0 Å². The van der Waals surface area contributed by atoms with Crippen LogP contribution < -0.4 is 14.8 Å². The van der Waals surface area contributed by atoms with Crippen molar-refractivity contribution in [3.63, 3.8) is 0 Å². The number of ether oxygens (including phenoxy) is 3. The van der Waals surface area contributed by atoms with E-state index in [1.54, 1.807) is 12.1 Å². The van der Waals surface area contributed by atoms with Crippen LogP contribution in [-0.2, 0) is 14.3 Å². The summed E-state index contributed by atoms with van der Waals surface area (Å²) in [5, 5.41) is 23.2. The lowest BCUT2D eigenvalue weighted by molar-refractivity contribution is -0.138. The molecule has 2 aliphatic rings. The third kappa shape index (κ3) is 4.94. The second-order valence-electron chi connectivity index (χ2n) is 8.23. The van der Waals surface area contributed by atoms with Crippen molar-refractivity contribution in [3.8, 4) is 11.5 Å². The fourth-order valence-electron chi connectivity index (χ4n) is 4.55. The largest absolute Gasteiger partial charge is 0.493 e. The van der Waals surface area contributed by atoms with Gasteiger partial charge in [0.2, 0.25) is 11.8 Å². The maximum Gasteiger partial charge on any atom is 0.247 e. The van der Waals surface area contributed by atoms with Crippen LogP contribution >= 0.6 is 0 Å². The van der Waals surface area contributed by atoms with Gasteiger partial charge in [-0.2, -0.15) is 0 Å². The van der Waals surface area contributed by atoms with Crippen LogP contribution in [0.4, 0.5) is 0 Å². The predicted molar refractivity (Wildman–Crippen MR) is 122 cm³/mol. The molecule has 3 N–H and O–H groups in total. The molecule has 2 amide bonds. The van der Waals surface area contributed by atoms with Gasteiger partial charge in [0.1, 0.15) is 18.5 Å². The van der Waals surface area contributed by atoms with Crippen molar-refractivity contribution in [1.29, 1.82) is 0 Å². The Bertz CT molecular complexity index is 947. The Labute approximate surface area is 198 Å². The normalized spacial score (nSPS) is 22.7. The van der Waals surface area contributed by atoms with Crippen LogP contribution in [0.2, 0.25) is 0 Å². The van der Waals surface area contributed by atoms with Gasteiger partial charge in [0, 0.05) is 43.3 Å². The lowest BCUT2D eigenvalue weighted by Gasteiger charge is -2.40. The Kier molecular flexibility index (Phi) is 8.65. The standard InChI is InChI=1S/C24H32N2O8/c1-4-5-19(29)26(7-9-32-2)17-12-16(24(31)25-6-8-27)20-15-10-14(13-28)11-18(33-3)22(15)34-23(20)21(17)30/h10-13,17,20-21,23,27,30H,4-9H2,1-3H3,(H,25,31). The molecule has 10 nitrogen and oxygen atoms in total. The molecule has 0 bridgehead atoms. The van der Waals surface area contributed by atoms with Crippen LogP contribution in [0.3, 0.4) is 0 Å². The molecule has 1 aromatic carbocycles. The van der Waals surface area contributed by atoms with Crippen molar-refractivity contribution < 1.29 is 38.8 Å². The molecule has 0 radical (unpaired) electrons. The average Bonchev–Trinajstić information content (AvgIpc) is 3.23. The number of aliphatic hydroxyl groups excluding tert-OH is 2. The number of methoxy groups -OCH3 is 2. The van der Waals surface area contributed by atoms with Gasteiger partial charge in [0.25, 0.3) is 0 Å². The number of carbonyl (C=O) groups is 3. The summed E-state index contributed by atoms with van der Waals surface area (Å²) in [7, 11) is 2.96. The van der Waals surface area contributed by atoms with Crippen molar-refractivity contribution in [2.75, 3.05) is 40.5 Å². The van der Waals surface area contributed by atoms with E-state index in [1.165, 1.54) is 25.2 Å². The molecule has 0 spiro atoms. The first-order valence-electron chi connectivity index (χ1n) is 11.3. The molecule has 10 heteroatoms. The van der Waals surface area contributed by atoms with Crippen molar-refractivity contribution in [2.24, 2.45) is 0 Å². The summed E-state index contributed by atoms with van der Waals surface area (Å²) in [6.07, 6.45) is 1.10. The summed E-state index contributed by atoms with van der Waals surface area (Å²) in [4.78, 5) is 39.1. The molecule has 4 atom stereocenters.